The number of carbonyl (C=O) groups is 2. The van der Waals surface area contributed by atoms with Crippen molar-refractivity contribution in [1.29, 1.82) is 0 Å². The topological polar surface area (TPSA) is 152 Å². The first-order valence-corrected chi connectivity index (χ1v) is 15.2. The number of esters is 2. The van der Waals surface area contributed by atoms with Crippen molar-refractivity contribution in [3.05, 3.63) is 92.3 Å². The standard InChI is InChI=1S/C33H41F3N4O8.2ClH/c1-20(2)37-18-25(41)19-48-26-11-9-22(10-12-26)13-14-39(4)15-16-47-32(43)27-21(3)38-30(33(34,35)36)29(31(42)46-5)28(27)23-7-6-8-24(17-23)40(44)45;;/h6-12,17,20,25,28,37-38,41H,13-16,18-19H2,1-5H3;2*1H. The molecule has 2 aromatic rings. The molecule has 0 aromatic heterocycles. The third kappa shape index (κ3) is 12.5. The van der Waals surface area contributed by atoms with Crippen LogP contribution in [0.3, 0.4) is 0 Å². The zero-order valence-corrected chi connectivity index (χ0v) is 29.9. The van der Waals surface area contributed by atoms with Crippen molar-refractivity contribution in [1.82, 2.24) is 15.5 Å². The molecule has 0 spiro atoms. The molecule has 0 radical (unpaired) electrons. The minimum atomic E-state index is -5.04. The minimum Gasteiger partial charge on any atom is -0.491 e. The first kappa shape index (κ1) is 44.1. The van der Waals surface area contributed by atoms with Crippen LogP contribution < -0.4 is 15.4 Å². The summed E-state index contributed by atoms with van der Waals surface area (Å²) < 4.78 is 58.1. The highest BCUT2D eigenvalue weighted by Gasteiger charge is 2.47. The van der Waals surface area contributed by atoms with Crippen LogP contribution in [-0.4, -0.2) is 92.2 Å². The monoisotopic (exact) mass is 750 g/mol. The van der Waals surface area contributed by atoms with Gasteiger partial charge in [0.05, 0.1) is 29.1 Å². The Morgan fingerprint density at radius 3 is 2.32 bits per heavy atom. The lowest BCUT2D eigenvalue weighted by atomic mass is 9.80. The van der Waals surface area contributed by atoms with Gasteiger partial charge in [0.1, 0.15) is 30.8 Å². The van der Waals surface area contributed by atoms with Gasteiger partial charge in [0.15, 0.2) is 0 Å². The van der Waals surface area contributed by atoms with Gasteiger partial charge in [-0.25, -0.2) is 9.59 Å². The molecule has 2 aromatic carbocycles. The zero-order chi connectivity index (χ0) is 35.6. The number of nitrogens with one attached hydrogen (secondary N) is 2. The summed E-state index contributed by atoms with van der Waals surface area (Å²) in [6.45, 7) is 6.53. The van der Waals surface area contributed by atoms with Gasteiger partial charge >= 0.3 is 18.1 Å². The average Bonchev–Trinajstić information content (AvgIpc) is 3.04. The predicted octanol–water partition coefficient (Wildman–Crippen LogP) is 4.84. The molecular weight excluding hydrogens is 708 g/mol. The predicted molar refractivity (Wildman–Crippen MR) is 185 cm³/mol. The number of nitro benzene ring substituents is 1. The van der Waals surface area contributed by atoms with E-state index in [9.17, 15) is 38.0 Å². The number of benzene rings is 2. The van der Waals surface area contributed by atoms with Crippen molar-refractivity contribution >= 4 is 42.4 Å². The molecule has 2 atom stereocenters. The number of alkyl halides is 3. The maximum absolute atomic E-state index is 14.1. The third-order valence-electron chi connectivity index (χ3n) is 7.50. The van der Waals surface area contributed by atoms with Crippen LogP contribution in [0.5, 0.6) is 5.75 Å². The van der Waals surface area contributed by atoms with E-state index in [1.165, 1.54) is 19.1 Å². The van der Waals surface area contributed by atoms with E-state index in [1.54, 1.807) is 0 Å². The Kier molecular flexibility index (Phi) is 17.7. The molecule has 2 unspecified atom stereocenters. The number of halogens is 5. The fraction of sp³-hybridized carbons (Fsp3) is 0.455. The zero-order valence-electron chi connectivity index (χ0n) is 28.2. The number of rotatable bonds is 16. The van der Waals surface area contributed by atoms with E-state index in [4.69, 9.17) is 9.47 Å². The lowest BCUT2D eigenvalue weighted by molar-refractivity contribution is -0.384. The van der Waals surface area contributed by atoms with E-state index in [1.807, 2.05) is 50.1 Å². The molecule has 0 bridgehead atoms. The summed E-state index contributed by atoms with van der Waals surface area (Å²) in [4.78, 5) is 38.8. The van der Waals surface area contributed by atoms with Gasteiger partial charge in [0.2, 0.25) is 0 Å². The number of hydrogen-bond acceptors (Lipinski definition) is 11. The van der Waals surface area contributed by atoms with Crippen molar-refractivity contribution in [2.24, 2.45) is 0 Å². The van der Waals surface area contributed by atoms with Crippen molar-refractivity contribution in [3.63, 3.8) is 0 Å². The summed E-state index contributed by atoms with van der Waals surface area (Å²) in [5.74, 6) is -3.39. The highest BCUT2D eigenvalue weighted by atomic mass is 35.5. The fourth-order valence-electron chi connectivity index (χ4n) is 4.98. The third-order valence-corrected chi connectivity index (χ3v) is 7.50. The number of non-ortho nitro benzene ring substituents is 1. The number of nitro groups is 1. The number of dihydropyridines is 1. The summed E-state index contributed by atoms with van der Waals surface area (Å²) in [7, 11) is 2.71. The summed E-state index contributed by atoms with van der Waals surface area (Å²) in [5, 5.41) is 26.7. The molecule has 0 aliphatic carbocycles. The van der Waals surface area contributed by atoms with Crippen LogP contribution in [0, 0.1) is 10.1 Å². The maximum Gasteiger partial charge on any atom is 0.431 e. The van der Waals surface area contributed by atoms with Gasteiger partial charge in [-0.3, -0.25) is 10.1 Å². The molecule has 0 saturated carbocycles. The quantitative estimate of drug-likeness (QED) is 0.123. The molecule has 3 N–H and O–H groups in total. The molecule has 0 amide bonds. The van der Waals surface area contributed by atoms with Crippen LogP contribution in [0.1, 0.15) is 37.8 Å². The van der Waals surface area contributed by atoms with Gasteiger partial charge in [-0.2, -0.15) is 13.2 Å². The van der Waals surface area contributed by atoms with Gasteiger partial charge < -0.3 is 34.9 Å². The van der Waals surface area contributed by atoms with E-state index in [2.05, 4.69) is 15.4 Å². The first-order chi connectivity index (χ1) is 22.6. The van der Waals surface area contributed by atoms with Gasteiger partial charge in [0, 0.05) is 43.5 Å². The van der Waals surface area contributed by atoms with Crippen molar-refractivity contribution in [2.45, 2.75) is 51.4 Å². The second-order valence-corrected chi connectivity index (χ2v) is 11.6. The summed E-state index contributed by atoms with van der Waals surface area (Å²) >= 11 is 0. The van der Waals surface area contributed by atoms with Crippen LogP contribution in [0.2, 0.25) is 0 Å². The SMILES string of the molecule is COC(=O)C1=C(C(F)(F)F)NC(C)=C(C(=O)OCCN(C)CCc2ccc(OCC(O)CNC(C)C)cc2)C1c1cccc([N+](=O)[O-])c1.Cl.Cl. The number of ether oxygens (including phenoxy) is 3. The number of likely N-dealkylation sites (N-methyl/N-ethyl adjacent to an activating group) is 1. The molecule has 278 valence electrons. The largest absolute Gasteiger partial charge is 0.491 e. The van der Waals surface area contributed by atoms with Crippen LogP contribution in [0.15, 0.2) is 71.1 Å². The Hall–Kier alpha value is -3.89. The maximum atomic E-state index is 14.1. The number of aliphatic hydroxyl groups is 1. The van der Waals surface area contributed by atoms with Crippen LogP contribution >= 0.6 is 24.8 Å². The van der Waals surface area contributed by atoms with Gasteiger partial charge in [-0.15, -0.1) is 24.8 Å². The second kappa shape index (κ2) is 20.1. The molecule has 12 nitrogen and oxygen atoms in total. The number of hydrogen-bond donors (Lipinski definition) is 3. The summed E-state index contributed by atoms with van der Waals surface area (Å²) in [5.41, 5.74) is -2.40. The molecule has 0 saturated heterocycles. The number of nitrogens with zero attached hydrogens (tertiary/aromatic N) is 2. The van der Waals surface area contributed by atoms with Crippen LogP contribution in [0.4, 0.5) is 18.9 Å². The van der Waals surface area contributed by atoms with E-state index in [-0.39, 0.29) is 67.4 Å². The highest BCUT2D eigenvalue weighted by molar-refractivity contribution is 6.00. The van der Waals surface area contributed by atoms with Crippen LogP contribution in [-0.2, 0) is 25.5 Å². The molecular formula is C33H43Cl2F3N4O8. The van der Waals surface area contributed by atoms with E-state index in [0.29, 0.717) is 25.3 Å². The summed E-state index contributed by atoms with van der Waals surface area (Å²) in [6.07, 6.45) is -5.02. The second-order valence-electron chi connectivity index (χ2n) is 11.6. The van der Waals surface area contributed by atoms with Crippen molar-refractivity contribution in [3.8, 4) is 5.75 Å². The normalized spacial score (nSPS) is 15.1. The Balaban J connectivity index is 0.00000625. The molecule has 3 rings (SSSR count). The van der Waals surface area contributed by atoms with Crippen molar-refractivity contribution in [2.75, 3.05) is 47.0 Å². The van der Waals surface area contributed by atoms with Gasteiger partial charge in [0.25, 0.3) is 5.69 Å². The first-order valence-electron chi connectivity index (χ1n) is 15.2. The number of carbonyl (C=O) groups excluding carboxylic acids is 2. The average molecular weight is 752 g/mol. The van der Waals surface area contributed by atoms with Crippen LogP contribution in [0.25, 0.3) is 0 Å². The number of aliphatic hydroxyl groups excluding tert-OH is 1. The van der Waals surface area contributed by atoms with E-state index in [0.717, 1.165) is 24.8 Å². The molecule has 1 aliphatic heterocycles. The molecule has 50 heavy (non-hydrogen) atoms. The minimum absolute atomic E-state index is 0. The Morgan fingerprint density at radius 2 is 1.74 bits per heavy atom. The summed E-state index contributed by atoms with van der Waals surface area (Å²) in [6, 6.07) is 12.4. The fourth-order valence-corrected chi connectivity index (χ4v) is 4.98. The smallest absolute Gasteiger partial charge is 0.431 e. The molecule has 1 heterocycles. The Labute approximate surface area is 301 Å². The number of allylic oxidation sites excluding steroid dienone is 2. The van der Waals surface area contributed by atoms with E-state index < -0.39 is 52.0 Å². The van der Waals surface area contributed by atoms with Gasteiger partial charge in [-0.1, -0.05) is 38.1 Å². The molecule has 1 aliphatic rings. The lowest BCUT2D eigenvalue weighted by Gasteiger charge is -2.32. The van der Waals surface area contributed by atoms with E-state index >= 15 is 0 Å². The van der Waals surface area contributed by atoms with Gasteiger partial charge in [-0.05, 0) is 43.7 Å². The molecule has 0 fully saturated rings. The Morgan fingerprint density at radius 1 is 1.08 bits per heavy atom. The number of methoxy groups -OCH3 is 1. The Bertz CT molecular complexity index is 1520. The van der Waals surface area contributed by atoms with Crippen molar-refractivity contribution < 1.29 is 47.0 Å². The molecule has 17 heteroatoms. The lowest BCUT2D eigenvalue weighted by Crippen LogP contribution is -2.38. The highest BCUT2D eigenvalue weighted by Crippen LogP contribution is 2.44.